The fourth-order valence-electron chi connectivity index (χ4n) is 5.42. The third-order valence-corrected chi connectivity index (χ3v) is 8.39. The highest BCUT2D eigenvalue weighted by atomic mass is 16.7. The Kier molecular flexibility index (Phi) is 18.3. The van der Waals surface area contributed by atoms with Crippen LogP contribution in [0.2, 0.25) is 0 Å². The Morgan fingerprint density at radius 3 is 1.48 bits per heavy atom. The summed E-state index contributed by atoms with van der Waals surface area (Å²) in [6.07, 6.45) is 14.8. The number of unbranched alkanes of at least 4 members (excludes halogenated alkanes) is 8. The number of hydrogen-bond acceptors (Lipinski definition) is 10. The van der Waals surface area contributed by atoms with E-state index < -0.39 is 17.9 Å². The monoisotopic (exact) mass is 716 g/mol. The van der Waals surface area contributed by atoms with Crippen LogP contribution in [0, 0.1) is 0 Å². The molecule has 0 saturated carbocycles. The second-order valence-corrected chi connectivity index (χ2v) is 12.6. The summed E-state index contributed by atoms with van der Waals surface area (Å²) in [4.78, 5) is 36.3. The molecule has 280 valence electrons. The van der Waals surface area contributed by atoms with Gasteiger partial charge in [-0.25, -0.2) is 14.4 Å². The van der Waals surface area contributed by atoms with Crippen LogP contribution in [0.15, 0.2) is 85.5 Å². The lowest BCUT2D eigenvalue weighted by molar-refractivity contribution is -0.162. The second-order valence-electron chi connectivity index (χ2n) is 12.6. The van der Waals surface area contributed by atoms with Crippen molar-refractivity contribution in [3.8, 4) is 23.0 Å². The smallest absolute Gasteiger partial charge is 0.343 e. The Balaban J connectivity index is 1.05. The quantitative estimate of drug-likeness (QED) is 0.0385. The third kappa shape index (κ3) is 15.7. The van der Waals surface area contributed by atoms with E-state index in [4.69, 9.17) is 33.2 Å². The Labute approximate surface area is 307 Å². The Hall–Kier alpha value is -4.67. The topological polar surface area (TPSA) is 116 Å². The molecule has 1 heterocycles. The van der Waals surface area contributed by atoms with Gasteiger partial charge in [0.15, 0.2) is 6.29 Å². The number of benzene rings is 3. The molecule has 1 aliphatic heterocycles. The highest BCUT2D eigenvalue weighted by molar-refractivity contribution is 5.92. The second kappa shape index (κ2) is 23.7. The molecule has 0 aromatic heterocycles. The Morgan fingerprint density at radius 2 is 1.02 bits per heavy atom. The summed E-state index contributed by atoms with van der Waals surface area (Å²) < 4.78 is 38.9. The van der Waals surface area contributed by atoms with Crippen molar-refractivity contribution in [2.45, 2.75) is 89.8 Å². The highest BCUT2D eigenvalue weighted by Crippen LogP contribution is 2.22. The average molecular weight is 717 g/mol. The molecule has 3 aromatic carbocycles. The predicted octanol–water partition coefficient (Wildman–Crippen LogP) is 9.06. The zero-order valence-electron chi connectivity index (χ0n) is 30.1. The predicted molar refractivity (Wildman–Crippen MR) is 197 cm³/mol. The normalized spacial score (nSPS) is 13.9. The summed E-state index contributed by atoms with van der Waals surface area (Å²) >= 11 is 0. The van der Waals surface area contributed by atoms with Crippen molar-refractivity contribution >= 4 is 17.9 Å². The molecule has 0 amide bonds. The zero-order valence-corrected chi connectivity index (χ0v) is 30.1. The van der Waals surface area contributed by atoms with Crippen LogP contribution in [0.1, 0.15) is 104 Å². The van der Waals surface area contributed by atoms with Gasteiger partial charge in [-0.3, -0.25) is 0 Å². The van der Waals surface area contributed by atoms with Crippen LogP contribution in [0.25, 0.3) is 0 Å². The van der Waals surface area contributed by atoms with Gasteiger partial charge in [0.25, 0.3) is 0 Å². The molecule has 1 unspecified atom stereocenters. The molecule has 0 aliphatic carbocycles. The van der Waals surface area contributed by atoms with E-state index in [0.29, 0.717) is 53.9 Å². The lowest BCUT2D eigenvalue weighted by atomic mass is 10.1. The molecule has 0 bridgehead atoms. The fraction of sp³-hybridized carbons (Fsp3) is 0.452. The summed E-state index contributed by atoms with van der Waals surface area (Å²) in [6, 6.07) is 19.9. The molecule has 4 rings (SSSR count). The van der Waals surface area contributed by atoms with E-state index >= 15 is 0 Å². The molecule has 10 nitrogen and oxygen atoms in total. The van der Waals surface area contributed by atoms with E-state index in [1.54, 1.807) is 72.8 Å². The molecule has 1 atom stereocenters. The van der Waals surface area contributed by atoms with Crippen LogP contribution in [0.4, 0.5) is 0 Å². The van der Waals surface area contributed by atoms with Crippen molar-refractivity contribution in [2.75, 3.05) is 33.0 Å². The minimum Gasteiger partial charge on any atom is -0.494 e. The van der Waals surface area contributed by atoms with Gasteiger partial charge in [-0.1, -0.05) is 32.3 Å². The van der Waals surface area contributed by atoms with Gasteiger partial charge < -0.3 is 33.2 Å². The van der Waals surface area contributed by atoms with Crippen LogP contribution in [-0.2, 0) is 19.0 Å². The first-order chi connectivity index (χ1) is 25.5. The van der Waals surface area contributed by atoms with Crippen molar-refractivity contribution in [1.29, 1.82) is 0 Å². The molecule has 0 radical (unpaired) electrons. The zero-order chi connectivity index (χ0) is 36.6. The molecular weight excluding hydrogens is 664 g/mol. The summed E-state index contributed by atoms with van der Waals surface area (Å²) in [7, 11) is 0. The number of esters is 3. The van der Waals surface area contributed by atoms with E-state index in [1.165, 1.54) is 25.7 Å². The maximum Gasteiger partial charge on any atom is 0.343 e. The van der Waals surface area contributed by atoms with Gasteiger partial charge >= 0.3 is 17.9 Å². The molecular formula is C42H52O10. The average Bonchev–Trinajstić information content (AvgIpc) is 3.18. The fourth-order valence-corrected chi connectivity index (χ4v) is 5.42. The minimum absolute atomic E-state index is 0.00563. The lowest BCUT2D eigenvalue weighted by Crippen LogP contribution is -2.22. The number of carbonyl (C=O) groups is 3. The van der Waals surface area contributed by atoms with Crippen LogP contribution in [0.3, 0.4) is 0 Å². The van der Waals surface area contributed by atoms with E-state index in [9.17, 15) is 14.4 Å². The molecule has 1 saturated heterocycles. The van der Waals surface area contributed by atoms with Crippen molar-refractivity contribution in [1.82, 2.24) is 0 Å². The SMILES string of the molecule is C=CC(=O)OCCCCCCOc1ccc(C(=O)Oc2ccc(OC(=O)c3ccc(OCCCCCCCCOC4CCCCO4)cc3)cc2)cc1. The van der Waals surface area contributed by atoms with Crippen LogP contribution < -0.4 is 18.9 Å². The largest absolute Gasteiger partial charge is 0.494 e. The molecule has 10 heteroatoms. The van der Waals surface area contributed by atoms with Crippen molar-refractivity contribution in [3.63, 3.8) is 0 Å². The summed E-state index contributed by atoms with van der Waals surface area (Å²) in [5.41, 5.74) is 0.778. The summed E-state index contributed by atoms with van der Waals surface area (Å²) in [5.74, 6) is 0.599. The van der Waals surface area contributed by atoms with E-state index in [1.807, 2.05) is 0 Å². The van der Waals surface area contributed by atoms with Crippen molar-refractivity contribution < 1.29 is 47.5 Å². The van der Waals surface area contributed by atoms with E-state index in [-0.39, 0.29) is 6.29 Å². The van der Waals surface area contributed by atoms with Gasteiger partial charge in [0.1, 0.15) is 23.0 Å². The molecule has 0 spiro atoms. The first kappa shape index (κ1) is 40.1. The number of ether oxygens (including phenoxy) is 7. The molecule has 3 aromatic rings. The highest BCUT2D eigenvalue weighted by Gasteiger charge is 2.14. The maximum absolute atomic E-state index is 12.7. The summed E-state index contributed by atoms with van der Waals surface area (Å²) in [5, 5.41) is 0. The Morgan fingerprint density at radius 1 is 0.577 bits per heavy atom. The minimum atomic E-state index is -0.516. The summed E-state index contributed by atoms with van der Waals surface area (Å²) in [6.45, 7) is 6.53. The van der Waals surface area contributed by atoms with Gasteiger partial charge in [-0.05, 0) is 131 Å². The van der Waals surface area contributed by atoms with Gasteiger partial charge in [-0.2, -0.15) is 0 Å². The van der Waals surface area contributed by atoms with Gasteiger partial charge in [-0.15, -0.1) is 0 Å². The first-order valence-electron chi connectivity index (χ1n) is 18.5. The van der Waals surface area contributed by atoms with Crippen molar-refractivity contribution in [2.24, 2.45) is 0 Å². The van der Waals surface area contributed by atoms with Crippen LogP contribution >= 0.6 is 0 Å². The molecule has 1 fully saturated rings. The molecule has 0 N–H and O–H groups in total. The van der Waals surface area contributed by atoms with E-state index in [2.05, 4.69) is 6.58 Å². The first-order valence-corrected chi connectivity index (χ1v) is 18.5. The van der Waals surface area contributed by atoms with Crippen LogP contribution in [0.5, 0.6) is 23.0 Å². The Bertz CT molecular complexity index is 1480. The standard InChI is InChI=1S/C42H52O10/c1-2-39(43)48-30-12-8-7-11-29-47-36-22-18-34(19-23-36)42(45)52-38-26-24-37(25-27-38)51-41(44)33-16-20-35(21-17-33)46-28-10-5-3-4-6-13-31-49-40-15-9-14-32-50-40/h2,16-27,40H,1,3-15,28-32H2. The number of carbonyl (C=O) groups excluding carboxylic acids is 3. The maximum atomic E-state index is 12.7. The van der Waals surface area contributed by atoms with Crippen LogP contribution in [-0.4, -0.2) is 57.2 Å². The van der Waals surface area contributed by atoms with Gasteiger partial charge in [0, 0.05) is 19.3 Å². The lowest BCUT2D eigenvalue weighted by Gasteiger charge is -2.22. The molecule has 52 heavy (non-hydrogen) atoms. The van der Waals surface area contributed by atoms with E-state index in [0.717, 1.165) is 77.1 Å². The third-order valence-electron chi connectivity index (χ3n) is 8.39. The number of hydrogen-bond donors (Lipinski definition) is 0. The molecule has 1 aliphatic rings. The van der Waals surface area contributed by atoms with Crippen molar-refractivity contribution in [3.05, 3.63) is 96.6 Å². The van der Waals surface area contributed by atoms with Gasteiger partial charge in [0.2, 0.25) is 0 Å². The van der Waals surface area contributed by atoms with Gasteiger partial charge in [0.05, 0.1) is 30.9 Å². The number of rotatable bonds is 24.